The van der Waals surface area contributed by atoms with Gasteiger partial charge in [0.25, 0.3) is 5.91 Å². The maximum atomic E-state index is 12.3. The standard InChI is InChI=1S/C19H19N3O2/c1-3-12-22-17-7-5-4-6-16(17)21-18(22)13-20-19(23)14-8-10-15(24-2)11-9-14/h3-11H,1,12-13H2,2H3,(H,20,23). The number of carbonyl (C=O) groups is 1. The van der Waals surface area contributed by atoms with Crippen LogP contribution < -0.4 is 10.1 Å². The molecule has 0 aliphatic carbocycles. The number of imidazole rings is 1. The number of methoxy groups -OCH3 is 1. The van der Waals surface area contributed by atoms with Crippen molar-refractivity contribution in [2.45, 2.75) is 13.1 Å². The Kier molecular flexibility index (Phi) is 4.61. The van der Waals surface area contributed by atoms with E-state index in [4.69, 9.17) is 4.74 Å². The van der Waals surface area contributed by atoms with E-state index in [0.717, 1.165) is 22.6 Å². The molecule has 5 nitrogen and oxygen atoms in total. The third-order valence-corrected chi connectivity index (χ3v) is 3.80. The number of aromatic nitrogens is 2. The van der Waals surface area contributed by atoms with E-state index in [9.17, 15) is 4.79 Å². The van der Waals surface area contributed by atoms with E-state index in [0.29, 0.717) is 18.7 Å². The number of nitrogens with zero attached hydrogens (tertiary/aromatic N) is 2. The first-order valence-corrected chi connectivity index (χ1v) is 7.70. The number of hydrogen-bond donors (Lipinski definition) is 1. The van der Waals surface area contributed by atoms with Crippen molar-refractivity contribution in [2.75, 3.05) is 7.11 Å². The van der Waals surface area contributed by atoms with Crippen LogP contribution in [-0.2, 0) is 13.1 Å². The Hall–Kier alpha value is -3.08. The van der Waals surface area contributed by atoms with Crippen molar-refractivity contribution >= 4 is 16.9 Å². The number of amides is 1. The third kappa shape index (κ3) is 3.15. The van der Waals surface area contributed by atoms with E-state index in [2.05, 4.69) is 21.4 Å². The molecule has 1 aromatic heterocycles. The molecule has 0 saturated carbocycles. The zero-order chi connectivity index (χ0) is 16.9. The summed E-state index contributed by atoms with van der Waals surface area (Å²) < 4.78 is 7.15. The fourth-order valence-electron chi connectivity index (χ4n) is 2.60. The van der Waals surface area contributed by atoms with Crippen LogP contribution in [-0.4, -0.2) is 22.6 Å². The number of carbonyl (C=O) groups excluding carboxylic acids is 1. The summed E-state index contributed by atoms with van der Waals surface area (Å²) in [4.78, 5) is 16.9. The van der Waals surface area contributed by atoms with Crippen molar-refractivity contribution in [1.29, 1.82) is 0 Å². The second-order valence-electron chi connectivity index (χ2n) is 5.33. The van der Waals surface area contributed by atoms with Crippen molar-refractivity contribution in [3.8, 4) is 5.75 Å². The monoisotopic (exact) mass is 321 g/mol. The van der Waals surface area contributed by atoms with Gasteiger partial charge in [-0.05, 0) is 36.4 Å². The first-order chi connectivity index (χ1) is 11.7. The van der Waals surface area contributed by atoms with Crippen LogP contribution >= 0.6 is 0 Å². The van der Waals surface area contributed by atoms with Crippen LogP contribution in [0.1, 0.15) is 16.2 Å². The third-order valence-electron chi connectivity index (χ3n) is 3.80. The van der Waals surface area contributed by atoms with Gasteiger partial charge in [-0.1, -0.05) is 18.2 Å². The molecule has 0 fully saturated rings. The summed E-state index contributed by atoms with van der Waals surface area (Å²) in [5.41, 5.74) is 2.53. The van der Waals surface area contributed by atoms with E-state index in [1.54, 1.807) is 31.4 Å². The fraction of sp³-hybridized carbons (Fsp3) is 0.158. The molecule has 3 aromatic rings. The summed E-state index contributed by atoms with van der Waals surface area (Å²) in [6, 6.07) is 14.9. The van der Waals surface area contributed by atoms with Crippen LogP contribution in [0, 0.1) is 0 Å². The number of rotatable bonds is 6. The Balaban J connectivity index is 1.78. The molecule has 0 aliphatic heterocycles. The molecule has 0 unspecified atom stereocenters. The predicted molar refractivity (Wildman–Crippen MR) is 94.1 cm³/mol. The molecular formula is C19H19N3O2. The zero-order valence-corrected chi connectivity index (χ0v) is 13.5. The number of benzene rings is 2. The second kappa shape index (κ2) is 7.00. The zero-order valence-electron chi connectivity index (χ0n) is 13.5. The maximum absolute atomic E-state index is 12.3. The van der Waals surface area contributed by atoms with Crippen LogP contribution in [0.3, 0.4) is 0 Å². The molecule has 3 rings (SSSR count). The number of hydrogen-bond acceptors (Lipinski definition) is 3. The fourth-order valence-corrected chi connectivity index (χ4v) is 2.60. The number of fused-ring (bicyclic) bond motifs is 1. The number of nitrogens with one attached hydrogen (secondary N) is 1. The maximum Gasteiger partial charge on any atom is 0.251 e. The first-order valence-electron chi connectivity index (χ1n) is 7.70. The van der Waals surface area contributed by atoms with Gasteiger partial charge in [0.15, 0.2) is 0 Å². The van der Waals surface area contributed by atoms with Gasteiger partial charge in [-0.15, -0.1) is 6.58 Å². The molecule has 0 bridgehead atoms. The van der Waals surface area contributed by atoms with Gasteiger partial charge >= 0.3 is 0 Å². The SMILES string of the molecule is C=CCn1c(CNC(=O)c2ccc(OC)cc2)nc2ccccc21. The van der Waals surface area contributed by atoms with Gasteiger partial charge in [0.05, 0.1) is 24.7 Å². The highest BCUT2D eigenvalue weighted by Gasteiger charge is 2.11. The molecule has 1 heterocycles. The van der Waals surface area contributed by atoms with E-state index in [1.807, 2.05) is 30.3 Å². The van der Waals surface area contributed by atoms with Gasteiger partial charge in [0.1, 0.15) is 11.6 Å². The first kappa shape index (κ1) is 15.8. The normalized spacial score (nSPS) is 10.5. The Labute approximate surface area is 140 Å². The quantitative estimate of drug-likeness (QED) is 0.710. The summed E-state index contributed by atoms with van der Waals surface area (Å²) in [6.45, 7) is 4.80. The average molecular weight is 321 g/mol. The van der Waals surface area contributed by atoms with Crippen molar-refractivity contribution in [3.05, 3.63) is 72.6 Å². The summed E-state index contributed by atoms with van der Waals surface area (Å²) in [5.74, 6) is 1.38. The minimum atomic E-state index is -0.144. The van der Waals surface area contributed by atoms with Crippen molar-refractivity contribution in [3.63, 3.8) is 0 Å². The van der Waals surface area contributed by atoms with Crippen molar-refractivity contribution in [1.82, 2.24) is 14.9 Å². The molecule has 1 N–H and O–H groups in total. The second-order valence-corrected chi connectivity index (χ2v) is 5.33. The Morgan fingerprint density at radius 1 is 1.25 bits per heavy atom. The summed E-state index contributed by atoms with van der Waals surface area (Å²) >= 11 is 0. The molecule has 5 heteroatoms. The van der Waals surface area contributed by atoms with Crippen LogP contribution in [0.25, 0.3) is 11.0 Å². The molecule has 24 heavy (non-hydrogen) atoms. The molecule has 0 atom stereocenters. The Bertz CT molecular complexity index is 866. The van der Waals surface area contributed by atoms with E-state index in [-0.39, 0.29) is 5.91 Å². The van der Waals surface area contributed by atoms with Gasteiger partial charge in [-0.2, -0.15) is 0 Å². The van der Waals surface area contributed by atoms with E-state index < -0.39 is 0 Å². The number of ether oxygens (including phenoxy) is 1. The van der Waals surface area contributed by atoms with Gasteiger partial charge in [0.2, 0.25) is 0 Å². The van der Waals surface area contributed by atoms with Crippen LogP contribution in [0.15, 0.2) is 61.2 Å². The molecule has 1 amide bonds. The lowest BCUT2D eigenvalue weighted by Gasteiger charge is -2.08. The molecule has 2 aromatic carbocycles. The van der Waals surface area contributed by atoms with Gasteiger partial charge in [0, 0.05) is 12.1 Å². The lowest BCUT2D eigenvalue weighted by Crippen LogP contribution is -2.24. The predicted octanol–water partition coefficient (Wildman–Crippen LogP) is 3.16. The van der Waals surface area contributed by atoms with Crippen molar-refractivity contribution < 1.29 is 9.53 Å². The smallest absolute Gasteiger partial charge is 0.251 e. The average Bonchev–Trinajstić information content (AvgIpc) is 2.98. The molecule has 0 aliphatic rings. The lowest BCUT2D eigenvalue weighted by atomic mass is 10.2. The van der Waals surface area contributed by atoms with Gasteiger partial charge in [-0.3, -0.25) is 4.79 Å². The van der Waals surface area contributed by atoms with Gasteiger partial charge < -0.3 is 14.6 Å². The molecular weight excluding hydrogens is 302 g/mol. The molecule has 0 spiro atoms. The minimum absolute atomic E-state index is 0.144. The van der Waals surface area contributed by atoms with Crippen LogP contribution in [0.5, 0.6) is 5.75 Å². The largest absolute Gasteiger partial charge is 0.497 e. The van der Waals surface area contributed by atoms with Crippen LogP contribution in [0.4, 0.5) is 0 Å². The lowest BCUT2D eigenvalue weighted by molar-refractivity contribution is 0.0949. The number of para-hydroxylation sites is 2. The van der Waals surface area contributed by atoms with Crippen molar-refractivity contribution in [2.24, 2.45) is 0 Å². The summed E-state index contributed by atoms with van der Waals surface area (Å²) in [7, 11) is 1.60. The molecule has 0 radical (unpaired) electrons. The van der Waals surface area contributed by atoms with E-state index in [1.165, 1.54) is 0 Å². The number of allylic oxidation sites excluding steroid dienone is 1. The highest BCUT2D eigenvalue weighted by Crippen LogP contribution is 2.16. The Morgan fingerprint density at radius 3 is 2.71 bits per heavy atom. The summed E-state index contributed by atoms with van der Waals surface area (Å²) in [5, 5.41) is 2.92. The van der Waals surface area contributed by atoms with Gasteiger partial charge in [-0.25, -0.2) is 4.98 Å². The minimum Gasteiger partial charge on any atom is -0.497 e. The highest BCUT2D eigenvalue weighted by molar-refractivity contribution is 5.94. The highest BCUT2D eigenvalue weighted by atomic mass is 16.5. The Morgan fingerprint density at radius 2 is 2.00 bits per heavy atom. The van der Waals surface area contributed by atoms with E-state index >= 15 is 0 Å². The summed E-state index contributed by atoms with van der Waals surface area (Å²) in [6.07, 6.45) is 1.82. The molecule has 0 saturated heterocycles. The topological polar surface area (TPSA) is 56.2 Å². The molecule has 122 valence electrons. The van der Waals surface area contributed by atoms with Crippen LogP contribution in [0.2, 0.25) is 0 Å².